The van der Waals surface area contributed by atoms with Crippen molar-refractivity contribution in [1.82, 2.24) is 9.38 Å². The lowest BCUT2D eigenvalue weighted by atomic mass is 10.0. The molecule has 3 aromatic rings. The first-order valence-electron chi connectivity index (χ1n) is 6.11. The molecule has 19 heavy (non-hydrogen) atoms. The van der Waals surface area contributed by atoms with Crippen LogP contribution in [0.25, 0.3) is 16.2 Å². The van der Waals surface area contributed by atoms with Gasteiger partial charge in [0.2, 0.25) is 0 Å². The molecule has 0 fully saturated rings. The lowest BCUT2D eigenvalue weighted by Crippen LogP contribution is -1.92. The van der Waals surface area contributed by atoms with E-state index in [4.69, 9.17) is 0 Å². The third kappa shape index (κ3) is 1.88. The van der Waals surface area contributed by atoms with Gasteiger partial charge in [0.25, 0.3) is 0 Å². The zero-order chi connectivity index (χ0) is 13.6. The van der Waals surface area contributed by atoms with E-state index in [0.717, 1.165) is 32.9 Å². The summed E-state index contributed by atoms with van der Waals surface area (Å²) in [6.07, 6.45) is 2.85. The number of fused-ring (bicyclic) bond motifs is 1. The van der Waals surface area contributed by atoms with E-state index >= 15 is 0 Å². The van der Waals surface area contributed by atoms with Crippen molar-refractivity contribution in [3.8, 4) is 11.3 Å². The molecular formula is C15H14N2OS. The van der Waals surface area contributed by atoms with Crippen LogP contribution in [0.5, 0.6) is 0 Å². The highest BCUT2D eigenvalue weighted by molar-refractivity contribution is 7.17. The van der Waals surface area contributed by atoms with Crippen molar-refractivity contribution in [3.05, 3.63) is 46.1 Å². The van der Waals surface area contributed by atoms with Crippen molar-refractivity contribution in [2.75, 3.05) is 0 Å². The van der Waals surface area contributed by atoms with Gasteiger partial charge in [-0.2, -0.15) is 0 Å². The van der Waals surface area contributed by atoms with Gasteiger partial charge in [0, 0.05) is 16.6 Å². The molecule has 3 rings (SSSR count). The summed E-state index contributed by atoms with van der Waals surface area (Å²) in [6, 6.07) is 6.20. The first-order valence-corrected chi connectivity index (χ1v) is 6.93. The van der Waals surface area contributed by atoms with Crippen LogP contribution in [-0.4, -0.2) is 15.7 Å². The molecular weight excluding hydrogens is 256 g/mol. The summed E-state index contributed by atoms with van der Waals surface area (Å²) in [5, 5.41) is 0. The van der Waals surface area contributed by atoms with E-state index in [1.165, 1.54) is 5.56 Å². The Balaban J connectivity index is 2.29. The van der Waals surface area contributed by atoms with Gasteiger partial charge in [-0.25, -0.2) is 4.98 Å². The number of rotatable bonds is 2. The third-order valence-electron chi connectivity index (χ3n) is 3.23. The first kappa shape index (κ1) is 12.1. The van der Waals surface area contributed by atoms with E-state index in [9.17, 15) is 4.79 Å². The monoisotopic (exact) mass is 270 g/mol. The summed E-state index contributed by atoms with van der Waals surface area (Å²) in [7, 11) is 0. The van der Waals surface area contributed by atoms with Gasteiger partial charge in [-0.1, -0.05) is 23.8 Å². The Bertz CT molecular complexity index is 783. The molecule has 96 valence electrons. The van der Waals surface area contributed by atoms with Crippen molar-refractivity contribution < 1.29 is 4.79 Å². The van der Waals surface area contributed by atoms with Crippen molar-refractivity contribution in [2.45, 2.75) is 20.8 Å². The number of benzene rings is 1. The van der Waals surface area contributed by atoms with Crippen molar-refractivity contribution >= 4 is 22.6 Å². The smallest absolute Gasteiger partial charge is 0.195 e. The highest BCUT2D eigenvalue weighted by Gasteiger charge is 2.16. The first-order chi connectivity index (χ1) is 9.10. The maximum atomic E-state index is 11.4. The Morgan fingerprint density at radius 1 is 1.26 bits per heavy atom. The number of carbonyl (C=O) groups excluding carboxylic acids is 1. The van der Waals surface area contributed by atoms with E-state index in [2.05, 4.69) is 31.0 Å². The van der Waals surface area contributed by atoms with Crippen LogP contribution in [0, 0.1) is 20.8 Å². The minimum Gasteiger partial charge on any atom is -0.296 e. The summed E-state index contributed by atoms with van der Waals surface area (Å²) in [5.41, 5.74) is 4.79. The van der Waals surface area contributed by atoms with Crippen LogP contribution in [0.3, 0.4) is 0 Å². The number of hydrogen-bond donors (Lipinski definition) is 0. The molecule has 0 spiro atoms. The minimum absolute atomic E-state index is 0.631. The molecule has 0 saturated heterocycles. The number of carbonyl (C=O) groups is 1. The summed E-state index contributed by atoms with van der Waals surface area (Å²) in [6.45, 7) is 6.13. The second-order valence-electron chi connectivity index (χ2n) is 4.78. The summed E-state index contributed by atoms with van der Waals surface area (Å²) in [4.78, 5) is 18.0. The van der Waals surface area contributed by atoms with Gasteiger partial charge in [0.1, 0.15) is 11.4 Å². The zero-order valence-corrected chi connectivity index (χ0v) is 11.9. The quantitative estimate of drug-likeness (QED) is 0.664. The molecule has 0 radical (unpaired) electrons. The molecule has 4 heteroatoms. The van der Waals surface area contributed by atoms with Crippen molar-refractivity contribution in [2.24, 2.45) is 0 Å². The Hall–Kier alpha value is -1.94. The van der Waals surface area contributed by atoms with Crippen LogP contribution in [0.1, 0.15) is 26.5 Å². The molecule has 0 saturated carbocycles. The van der Waals surface area contributed by atoms with Crippen LogP contribution in [0.2, 0.25) is 0 Å². The van der Waals surface area contributed by atoms with Crippen molar-refractivity contribution in [1.29, 1.82) is 0 Å². The van der Waals surface area contributed by atoms with Gasteiger partial charge in [0.15, 0.2) is 11.2 Å². The predicted octanol–water partition coefficient (Wildman–Crippen LogP) is 3.80. The Morgan fingerprint density at radius 2 is 2.05 bits per heavy atom. The second kappa shape index (κ2) is 4.31. The van der Waals surface area contributed by atoms with Gasteiger partial charge in [-0.3, -0.25) is 9.20 Å². The standard InChI is InChI=1S/C15H14N2OS/c1-9-4-5-12(10(2)6-9)14-13(8-18)17-7-11(3)19-15(17)16-14/h4-8H,1-3H3. The number of aromatic nitrogens is 2. The number of nitrogens with zero attached hydrogens (tertiary/aromatic N) is 2. The fraction of sp³-hybridized carbons (Fsp3) is 0.200. The highest BCUT2D eigenvalue weighted by Crippen LogP contribution is 2.29. The van der Waals surface area contributed by atoms with Crippen LogP contribution < -0.4 is 0 Å². The molecule has 0 aliphatic carbocycles. The van der Waals surface area contributed by atoms with Gasteiger partial charge >= 0.3 is 0 Å². The van der Waals surface area contributed by atoms with Crippen LogP contribution in [-0.2, 0) is 0 Å². The SMILES string of the molecule is Cc1ccc(-c2nc3sc(C)cn3c2C=O)c(C)c1. The highest BCUT2D eigenvalue weighted by atomic mass is 32.1. The van der Waals surface area contributed by atoms with Crippen LogP contribution >= 0.6 is 11.3 Å². The molecule has 3 nitrogen and oxygen atoms in total. The van der Waals surface area contributed by atoms with Crippen LogP contribution in [0.15, 0.2) is 24.4 Å². The number of hydrogen-bond acceptors (Lipinski definition) is 3. The largest absolute Gasteiger partial charge is 0.296 e. The number of aryl methyl sites for hydroxylation is 3. The maximum absolute atomic E-state index is 11.4. The number of imidazole rings is 1. The second-order valence-corrected chi connectivity index (χ2v) is 5.99. The lowest BCUT2D eigenvalue weighted by molar-refractivity contribution is 0.111. The van der Waals surface area contributed by atoms with E-state index in [0.29, 0.717) is 5.69 Å². The lowest BCUT2D eigenvalue weighted by Gasteiger charge is -2.04. The predicted molar refractivity (Wildman–Crippen MR) is 78.1 cm³/mol. The Morgan fingerprint density at radius 3 is 2.74 bits per heavy atom. The molecule has 0 N–H and O–H groups in total. The van der Waals surface area contributed by atoms with E-state index < -0.39 is 0 Å². The fourth-order valence-electron chi connectivity index (χ4n) is 2.36. The van der Waals surface area contributed by atoms with Crippen LogP contribution in [0.4, 0.5) is 0 Å². The van der Waals surface area contributed by atoms with Gasteiger partial charge in [0.05, 0.1) is 0 Å². The average Bonchev–Trinajstić information content (AvgIpc) is 2.84. The molecule has 0 unspecified atom stereocenters. The average molecular weight is 270 g/mol. The molecule has 0 aliphatic rings. The summed E-state index contributed by atoms with van der Waals surface area (Å²) >= 11 is 1.60. The maximum Gasteiger partial charge on any atom is 0.195 e. The van der Waals surface area contributed by atoms with E-state index in [1.807, 2.05) is 23.6 Å². The molecule has 0 bridgehead atoms. The zero-order valence-electron chi connectivity index (χ0n) is 11.1. The van der Waals surface area contributed by atoms with Crippen molar-refractivity contribution in [3.63, 3.8) is 0 Å². The topological polar surface area (TPSA) is 34.4 Å². The van der Waals surface area contributed by atoms with E-state index in [1.54, 1.807) is 11.3 Å². The van der Waals surface area contributed by atoms with Gasteiger partial charge in [-0.05, 0) is 26.3 Å². The molecule has 0 amide bonds. The molecule has 2 aromatic heterocycles. The normalized spacial score (nSPS) is 11.1. The third-order valence-corrected chi connectivity index (χ3v) is 4.13. The fourth-order valence-corrected chi connectivity index (χ4v) is 3.20. The molecule has 1 aromatic carbocycles. The summed E-state index contributed by atoms with van der Waals surface area (Å²) < 4.78 is 1.88. The summed E-state index contributed by atoms with van der Waals surface area (Å²) in [5.74, 6) is 0. The number of thiazole rings is 1. The minimum atomic E-state index is 0.631. The Labute approximate surface area is 115 Å². The molecule has 0 aliphatic heterocycles. The molecule has 0 atom stereocenters. The van der Waals surface area contributed by atoms with Gasteiger partial charge in [-0.15, -0.1) is 11.3 Å². The molecule has 2 heterocycles. The Kier molecular flexibility index (Phi) is 2.75. The van der Waals surface area contributed by atoms with E-state index in [-0.39, 0.29) is 0 Å². The number of aldehydes is 1. The van der Waals surface area contributed by atoms with Gasteiger partial charge < -0.3 is 0 Å².